The van der Waals surface area contributed by atoms with Crippen LogP contribution in [0.2, 0.25) is 0 Å². The molecule has 2 atom stereocenters. The van der Waals surface area contributed by atoms with E-state index in [0.29, 0.717) is 31.0 Å². The van der Waals surface area contributed by atoms with Crippen molar-refractivity contribution in [1.29, 1.82) is 0 Å². The van der Waals surface area contributed by atoms with E-state index in [4.69, 9.17) is 0 Å². The van der Waals surface area contributed by atoms with Crippen LogP contribution in [0.4, 0.5) is 15.9 Å². The molecule has 1 aliphatic heterocycles. The van der Waals surface area contributed by atoms with Crippen LogP contribution in [0.15, 0.2) is 30.5 Å². The molecule has 4 rings (SSSR count). The number of halogens is 1. The third-order valence-corrected chi connectivity index (χ3v) is 8.70. The molecule has 44 heavy (non-hydrogen) atoms. The molecule has 0 unspecified atom stereocenters. The number of aryl methyl sites for hydroxylation is 1. The van der Waals surface area contributed by atoms with Gasteiger partial charge in [-0.25, -0.2) is 9.07 Å². The number of carbonyl (C=O) groups is 4. The van der Waals surface area contributed by atoms with Crippen molar-refractivity contribution in [2.75, 3.05) is 43.9 Å². The maximum absolute atomic E-state index is 15.4. The largest absolute Gasteiger partial charge is 0.344 e. The second-order valence-electron chi connectivity index (χ2n) is 11.9. The molecule has 0 spiro atoms. The van der Waals surface area contributed by atoms with Crippen LogP contribution in [0.1, 0.15) is 64.4 Å². The van der Waals surface area contributed by atoms with Crippen molar-refractivity contribution >= 4 is 35.1 Å². The molecule has 11 nitrogen and oxygen atoms in total. The molecule has 1 aromatic heterocycles. The van der Waals surface area contributed by atoms with E-state index in [2.05, 4.69) is 25.9 Å². The van der Waals surface area contributed by atoms with Crippen LogP contribution in [0.3, 0.4) is 0 Å². The van der Waals surface area contributed by atoms with E-state index in [1.165, 1.54) is 12.1 Å². The first kappa shape index (κ1) is 33.1. The predicted octanol–water partition coefficient (Wildman–Crippen LogP) is 3.42. The lowest BCUT2D eigenvalue weighted by Gasteiger charge is -2.34. The number of nitrogens with one attached hydrogen (secondary N) is 3. The summed E-state index contributed by atoms with van der Waals surface area (Å²) in [7, 11) is 1.99. The van der Waals surface area contributed by atoms with Gasteiger partial charge in [0.2, 0.25) is 23.6 Å². The van der Waals surface area contributed by atoms with Gasteiger partial charge in [0, 0.05) is 51.6 Å². The second-order valence-corrected chi connectivity index (χ2v) is 11.9. The van der Waals surface area contributed by atoms with Crippen LogP contribution in [-0.2, 0) is 32.1 Å². The number of amides is 4. The minimum Gasteiger partial charge on any atom is -0.344 e. The first-order valence-corrected chi connectivity index (χ1v) is 15.9. The van der Waals surface area contributed by atoms with Crippen LogP contribution in [0.5, 0.6) is 0 Å². The Labute approximate surface area is 258 Å². The van der Waals surface area contributed by atoms with E-state index >= 15 is 4.39 Å². The highest BCUT2D eigenvalue weighted by molar-refractivity contribution is 6.10. The van der Waals surface area contributed by atoms with Crippen LogP contribution < -0.4 is 16.0 Å². The van der Waals surface area contributed by atoms with Gasteiger partial charge in [0.1, 0.15) is 23.6 Å². The third kappa shape index (κ3) is 8.64. The SMILES string of the molecule is CCC(=O)N[C@H](Cc1ccc(NC(=O)[C@@H](C(=O)Nc2ccnn2CC)C2CCCCCC2)c(F)c1)C(=O)N1CCN(C)CC1. The highest BCUT2D eigenvalue weighted by Crippen LogP contribution is 2.31. The normalized spacial score (nSPS) is 17.8. The molecule has 2 heterocycles. The summed E-state index contributed by atoms with van der Waals surface area (Å²) in [5.74, 6) is -2.77. The Bertz CT molecular complexity index is 1300. The Morgan fingerprint density at radius 1 is 0.955 bits per heavy atom. The molecule has 0 bridgehead atoms. The van der Waals surface area contributed by atoms with Gasteiger partial charge >= 0.3 is 0 Å². The summed E-state index contributed by atoms with van der Waals surface area (Å²) in [6.07, 6.45) is 7.39. The quantitative estimate of drug-likeness (QED) is 0.264. The van der Waals surface area contributed by atoms with E-state index in [1.807, 2.05) is 14.0 Å². The molecule has 1 aliphatic carbocycles. The maximum Gasteiger partial charge on any atom is 0.245 e. The van der Waals surface area contributed by atoms with E-state index < -0.39 is 29.6 Å². The maximum atomic E-state index is 15.4. The molecule has 12 heteroatoms. The molecular formula is C32H46FN7O4. The van der Waals surface area contributed by atoms with Gasteiger partial charge in [0.15, 0.2) is 0 Å². The average Bonchev–Trinajstić information content (AvgIpc) is 3.29. The zero-order chi connectivity index (χ0) is 31.6. The molecule has 1 saturated heterocycles. The Morgan fingerprint density at radius 3 is 2.27 bits per heavy atom. The molecule has 1 saturated carbocycles. The Kier molecular flexibility index (Phi) is 11.9. The monoisotopic (exact) mass is 611 g/mol. The minimum absolute atomic E-state index is 0.0386. The van der Waals surface area contributed by atoms with Gasteiger partial charge in [0.05, 0.1) is 11.9 Å². The molecule has 2 fully saturated rings. The molecule has 1 aromatic carbocycles. The molecule has 2 aromatic rings. The Hall–Kier alpha value is -3.80. The summed E-state index contributed by atoms with van der Waals surface area (Å²) in [6, 6.07) is 5.23. The van der Waals surface area contributed by atoms with Crippen molar-refractivity contribution in [2.45, 2.75) is 77.8 Å². The Balaban J connectivity index is 1.49. The molecule has 3 N–H and O–H groups in total. The number of nitrogens with zero attached hydrogens (tertiary/aromatic N) is 4. The fourth-order valence-corrected chi connectivity index (χ4v) is 6.06. The van der Waals surface area contributed by atoms with Gasteiger partial charge < -0.3 is 25.8 Å². The second kappa shape index (κ2) is 15.8. The summed E-state index contributed by atoms with van der Waals surface area (Å²) in [4.78, 5) is 56.6. The highest BCUT2D eigenvalue weighted by atomic mass is 19.1. The van der Waals surface area contributed by atoms with E-state index in [9.17, 15) is 19.2 Å². The minimum atomic E-state index is -0.998. The van der Waals surface area contributed by atoms with Gasteiger partial charge in [-0.2, -0.15) is 5.10 Å². The number of hydrogen-bond donors (Lipinski definition) is 3. The summed E-state index contributed by atoms with van der Waals surface area (Å²) in [5.41, 5.74) is 0.471. The smallest absolute Gasteiger partial charge is 0.245 e. The van der Waals surface area contributed by atoms with Crippen LogP contribution in [0, 0.1) is 17.7 Å². The zero-order valence-corrected chi connectivity index (χ0v) is 26.1. The van der Waals surface area contributed by atoms with Gasteiger partial charge in [0.25, 0.3) is 0 Å². The fourth-order valence-electron chi connectivity index (χ4n) is 6.06. The number of likely N-dealkylation sites (N-methyl/N-ethyl adjacent to an activating group) is 1. The van der Waals surface area contributed by atoms with Gasteiger partial charge in [-0.1, -0.05) is 38.7 Å². The van der Waals surface area contributed by atoms with E-state index in [-0.39, 0.29) is 36.3 Å². The lowest BCUT2D eigenvalue weighted by molar-refractivity contribution is -0.137. The number of hydrogen-bond acceptors (Lipinski definition) is 6. The van der Waals surface area contributed by atoms with Gasteiger partial charge in [-0.05, 0) is 50.4 Å². The number of anilines is 2. The predicted molar refractivity (Wildman–Crippen MR) is 166 cm³/mol. The molecule has 240 valence electrons. The molecule has 4 amide bonds. The van der Waals surface area contributed by atoms with Crippen molar-refractivity contribution in [3.8, 4) is 0 Å². The van der Waals surface area contributed by atoms with Crippen molar-refractivity contribution in [3.63, 3.8) is 0 Å². The third-order valence-electron chi connectivity index (χ3n) is 8.70. The fraction of sp³-hybridized carbons (Fsp3) is 0.594. The summed E-state index contributed by atoms with van der Waals surface area (Å²) >= 11 is 0. The van der Waals surface area contributed by atoms with Crippen LogP contribution in [-0.4, -0.2) is 82.5 Å². The van der Waals surface area contributed by atoms with Gasteiger partial charge in [-0.3, -0.25) is 19.2 Å². The van der Waals surface area contributed by atoms with Crippen LogP contribution >= 0.6 is 0 Å². The standard InChI is InChI=1S/C32H46FN7O4/c1-4-28(41)35-26(32(44)39-18-16-38(3)17-19-39)21-22-12-13-25(24(33)20-22)36-30(42)29(23-10-8-6-7-9-11-23)31(43)37-27-14-15-34-40(27)5-2/h12-15,20,23,26,29H,4-11,16-19,21H2,1-3H3,(H,35,41)(H,36,42)(H,37,43)/t26-,29+/m1/s1. The lowest BCUT2D eigenvalue weighted by atomic mass is 9.84. The number of benzene rings is 1. The first-order chi connectivity index (χ1) is 21.2. The van der Waals surface area contributed by atoms with Crippen molar-refractivity contribution in [2.24, 2.45) is 11.8 Å². The van der Waals surface area contributed by atoms with E-state index in [1.54, 1.807) is 34.8 Å². The number of carbonyl (C=O) groups excluding carboxylic acids is 4. The molecule has 2 aliphatic rings. The summed E-state index contributed by atoms with van der Waals surface area (Å²) in [5, 5.41) is 12.5. The first-order valence-electron chi connectivity index (χ1n) is 15.9. The highest BCUT2D eigenvalue weighted by Gasteiger charge is 2.36. The van der Waals surface area contributed by atoms with E-state index in [0.717, 1.165) is 51.6 Å². The van der Waals surface area contributed by atoms with Crippen molar-refractivity contribution in [3.05, 3.63) is 41.8 Å². The number of piperazine rings is 1. The number of aromatic nitrogens is 2. The van der Waals surface area contributed by atoms with Crippen molar-refractivity contribution < 1.29 is 23.6 Å². The number of rotatable bonds is 11. The lowest BCUT2D eigenvalue weighted by Crippen LogP contribution is -2.54. The Morgan fingerprint density at radius 2 is 1.64 bits per heavy atom. The van der Waals surface area contributed by atoms with Gasteiger partial charge in [-0.15, -0.1) is 0 Å². The topological polar surface area (TPSA) is 129 Å². The molecule has 0 radical (unpaired) electrons. The van der Waals surface area contributed by atoms with Crippen LogP contribution in [0.25, 0.3) is 0 Å². The zero-order valence-electron chi connectivity index (χ0n) is 26.1. The summed E-state index contributed by atoms with van der Waals surface area (Å²) < 4.78 is 17.1. The summed E-state index contributed by atoms with van der Waals surface area (Å²) in [6.45, 7) is 6.78. The average molecular weight is 612 g/mol. The van der Waals surface area contributed by atoms with Crippen molar-refractivity contribution in [1.82, 2.24) is 24.9 Å². The molecular weight excluding hydrogens is 565 g/mol.